The fourth-order valence-electron chi connectivity index (χ4n) is 4.74. The number of nitrogens with one attached hydrogen (secondary N) is 2. The monoisotopic (exact) mass is 530 g/mol. The lowest BCUT2D eigenvalue weighted by Gasteiger charge is -2.23. The third-order valence-corrected chi connectivity index (χ3v) is 7.03. The minimum absolute atomic E-state index is 0.0353. The molecule has 3 unspecified atom stereocenters. The van der Waals surface area contributed by atoms with Crippen LogP contribution < -0.4 is 10.6 Å². The molecule has 0 bridgehead atoms. The minimum atomic E-state index is -1.20. The van der Waals surface area contributed by atoms with Crippen LogP contribution >= 0.6 is 0 Å². The molecule has 8 nitrogen and oxygen atoms in total. The van der Waals surface area contributed by atoms with Gasteiger partial charge in [-0.3, -0.25) is 4.79 Å². The van der Waals surface area contributed by atoms with Crippen LogP contribution in [0.4, 0.5) is 4.79 Å². The molecule has 3 atom stereocenters. The summed E-state index contributed by atoms with van der Waals surface area (Å²) in [6.07, 6.45) is -0.977. The number of rotatable bonds is 12. The van der Waals surface area contributed by atoms with Crippen molar-refractivity contribution in [1.82, 2.24) is 10.6 Å². The summed E-state index contributed by atoms with van der Waals surface area (Å²) in [7, 11) is 0. The zero-order valence-electron chi connectivity index (χ0n) is 22.1. The van der Waals surface area contributed by atoms with Gasteiger partial charge in [-0.15, -0.1) is 0 Å². The number of hydrogen-bond donors (Lipinski definition) is 3. The number of carbonyl (C=O) groups excluding carboxylic acids is 2. The minimum Gasteiger partial charge on any atom is -0.480 e. The highest BCUT2D eigenvalue weighted by Gasteiger charge is 2.30. The number of hydrogen-bond acceptors (Lipinski definition) is 5. The molecule has 0 aromatic heterocycles. The molecule has 1 aliphatic carbocycles. The zero-order chi connectivity index (χ0) is 27.8. The first-order chi connectivity index (χ1) is 18.8. The molecule has 39 heavy (non-hydrogen) atoms. The van der Waals surface area contributed by atoms with Crippen molar-refractivity contribution < 1.29 is 29.0 Å². The van der Waals surface area contributed by atoms with Crippen LogP contribution in [0.2, 0.25) is 0 Å². The lowest BCUT2D eigenvalue weighted by molar-refractivity contribution is -0.147. The summed E-state index contributed by atoms with van der Waals surface area (Å²) < 4.78 is 11.2. The van der Waals surface area contributed by atoms with Crippen molar-refractivity contribution in [2.75, 3.05) is 13.2 Å². The highest BCUT2D eigenvalue weighted by Crippen LogP contribution is 2.44. The molecule has 8 heteroatoms. The van der Waals surface area contributed by atoms with Crippen molar-refractivity contribution in [1.29, 1.82) is 0 Å². The predicted octanol–water partition coefficient (Wildman–Crippen LogP) is 4.73. The molecule has 4 rings (SSSR count). The predicted molar refractivity (Wildman–Crippen MR) is 147 cm³/mol. The summed E-state index contributed by atoms with van der Waals surface area (Å²) in [6, 6.07) is 24.4. The molecule has 0 saturated carbocycles. The second-order valence-electron chi connectivity index (χ2n) is 9.77. The van der Waals surface area contributed by atoms with E-state index in [2.05, 4.69) is 34.9 Å². The number of carbonyl (C=O) groups is 3. The number of alkyl carbamates (subject to hydrolysis) is 1. The van der Waals surface area contributed by atoms with E-state index in [4.69, 9.17) is 9.47 Å². The van der Waals surface area contributed by atoms with Gasteiger partial charge in [0.15, 0.2) is 6.04 Å². The van der Waals surface area contributed by atoms with E-state index in [1.54, 1.807) is 13.8 Å². The van der Waals surface area contributed by atoms with Gasteiger partial charge >= 0.3 is 12.1 Å². The molecule has 0 fully saturated rings. The van der Waals surface area contributed by atoms with Crippen LogP contribution in [0.15, 0.2) is 78.9 Å². The fourth-order valence-corrected chi connectivity index (χ4v) is 4.74. The fraction of sp³-hybridized carbons (Fsp3) is 0.323. The number of carboxylic acid groups (broad SMARTS) is 1. The van der Waals surface area contributed by atoms with Crippen LogP contribution in [-0.4, -0.2) is 48.4 Å². The highest BCUT2D eigenvalue weighted by atomic mass is 16.5. The first-order valence-corrected chi connectivity index (χ1v) is 13.1. The van der Waals surface area contributed by atoms with Crippen molar-refractivity contribution in [3.8, 4) is 11.1 Å². The molecule has 0 saturated heterocycles. The average molecular weight is 531 g/mol. The van der Waals surface area contributed by atoms with Gasteiger partial charge in [-0.2, -0.15) is 0 Å². The van der Waals surface area contributed by atoms with Crippen LogP contribution in [0.25, 0.3) is 11.1 Å². The largest absolute Gasteiger partial charge is 0.480 e. The Morgan fingerprint density at radius 1 is 0.872 bits per heavy atom. The summed E-state index contributed by atoms with van der Waals surface area (Å²) in [5, 5.41) is 14.9. The number of aliphatic carboxylic acids is 1. The third kappa shape index (κ3) is 7.03. The molecule has 3 aromatic carbocycles. The van der Waals surface area contributed by atoms with Crippen LogP contribution in [0.1, 0.15) is 42.9 Å². The molecule has 0 heterocycles. The first kappa shape index (κ1) is 27.9. The van der Waals surface area contributed by atoms with Crippen LogP contribution in [0, 0.1) is 5.92 Å². The summed E-state index contributed by atoms with van der Waals surface area (Å²) in [6.45, 7) is 3.95. The molecule has 1 aliphatic rings. The van der Waals surface area contributed by atoms with Gasteiger partial charge < -0.3 is 25.2 Å². The van der Waals surface area contributed by atoms with E-state index in [-0.39, 0.29) is 25.7 Å². The van der Waals surface area contributed by atoms with Crippen molar-refractivity contribution in [2.24, 2.45) is 5.92 Å². The lowest BCUT2D eigenvalue weighted by atomic mass is 9.98. The molecular formula is C31H34N2O6. The maximum atomic E-state index is 12.7. The van der Waals surface area contributed by atoms with Gasteiger partial charge in [-0.25, -0.2) is 9.59 Å². The Morgan fingerprint density at radius 3 is 2.08 bits per heavy atom. The molecule has 0 spiro atoms. The molecule has 0 radical (unpaired) electrons. The van der Waals surface area contributed by atoms with E-state index in [0.717, 1.165) is 27.8 Å². The maximum absolute atomic E-state index is 12.7. The Bertz CT molecular complexity index is 1250. The van der Waals surface area contributed by atoms with Crippen molar-refractivity contribution in [2.45, 2.75) is 44.9 Å². The van der Waals surface area contributed by atoms with Gasteiger partial charge in [0.25, 0.3) is 0 Å². The molecular weight excluding hydrogens is 496 g/mol. The number of amides is 2. The lowest BCUT2D eigenvalue weighted by Crippen LogP contribution is -2.50. The summed E-state index contributed by atoms with van der Waals surface area (Å²) >= 11 is 0. The van der Waals surface area contributed by atoms with E-state index in [1.165, 1.54) is 0 Å². The number of fused-ring (bicyclic) bond motifs is 3. The van der Waals surface area contributed by atoms with Gasteiger partial charge in [-0.05, 0) is 41.2 Å². The summed E-state index contributed by atoms with van der Waals surface area (Å²) in [5.74, 6) is -2.16. The van der Waals surface area contributed by atoms with Crippen LogP contribution in [-0.2, 0) is 25.7 Å². The van der Waals surface area contributed by atoms with Gasteiger partial charge in [0.05, 0.1) is 12.7 Å². The quantitative estimate of drug-likeness (QED) is 0.312. The first-order valence-electron chi connectivity index (χ1n) is 13.1. The standard InChI is InChI=1S/C31H34N2O6/c1-20(29(34)33-28(30(35)36)21(2)38-18-22-10-4-3-5-11-22)16-17-32-31(37)39-19-27-25-14-8-6-12-23(25)24-13-7-9-15-26(24)27/h3-15,20-21,27-28H,16-19H2,1-2H3,(H,32,37)(H,33,34)(H,35,36). The second-order valence-corrected chi connectivity index (χ2v) is 9.77. The van der Waals surface area contributed by atoms with Crippen molar-refractivity contribution in [3.05, 3.63) is 95.6 Å². The zero-order valence-corrected chi connectivity index (χ0v) is 22.1. The molecule has 2 amide bonds. The summed E-state index contributed by atoms with van der Waals surface area (Å²) in [4.78, 5) is 36.8. The van der Waals surface area contributed by atoms with E-state index in [9.17, 15) is 19.5 Å². The Morgan fingerprint density at radius 2 is 1.46 bits per heavy atom. The number of ether oxygens (including phenoxy) is 2. The van der Waals surface area contributed by atoms with Gasteiger partial charge in [-0.1, -0.05) is 85.8 Å². The van der Waals surface area contributed by atoms with E-state index < -0.39 is 36.0 Å². The maximum Gasteiger partial charge on any atom is 0.407 e. The topological polar surface area (TPSA) is 114 Å². The van der Waals surface area contributed by atoms with Gasteiger partial charge in [0, 0.05) is 18.4 Å². The van der Waals surface area contributed by atoms with Gasteiger partial charge in [0.1, 0.15) is 6.61 Å². The van der Waals surface area contributed by atoms with Crippen molar-refractivity contribution >= 4 is 18.0 Å². The Balaban J connectivity index is 1.21. The molecule has 204 valence electrons. The highest BCUT2D eigenvalue weighted by molar-refractivity contribution is 5.85. The normalized spacial score (nSPS) is 14.4. The van der Waals surface area contributed by atoms with Crippen LogP contribution in [0.3, 0.4) is 0 Å². The molecule has 0 aliphatic heterocycles. The summed E-state index contributed by atoms with van der Waals surface area (Å²) in [5.41, 5.74) is 5.48. The molecule has 3 N–H and O–H groups in total. The third-order valence-electron chi connectivity index (χ3n) is 7.03. The number of benzene rings is 3. The Kier molecular flexibility index (Phi) is 9.33. The van der Waals surface area contributed by atoms with E-state index >= 15 is 0 Å². The Labute approximate surface area is 228 Å². The van der Waals surface area contributed by atoms with Crippen molar-refractivity contribution in [3.63, 3.8) is 0 Å². The second kappa shape index (κ2) is 13.1. The van der Waals surface area contributed by atoms with E-state index in [0.29, 0.717) is 6.42 Å². The number of carboxylic acids is 1. The van der Waals surface area contributed by atoms with E-state index in [1.807, 2.05) is 54.6 Å². The Hall–Kier alpha value is -4.17. The molecule has 3 aromatic rings. The SMILES string of the molecule is CC(CCNC(=O)OCC1c2ccccc2-c2ccccc21)C(=O)NC(C(=O)O)C(C)OCc1ccccc1. The van der Waals surface area contributed by atoms with Gasteiger partial charge in [0.2, 0.25) is 5.91 Å². The average Bonchev–Trinajstić information content (AvgIpc) is 3.27. The smallest absolute Gasteiger partial charge is 0.407 e. The van der Waals surface area contributed by atoms with Crippen LogP contribution in [0.5, 0.6) is 0 Å².